The minimum absolute atomic E-state index is 0.00787. The van der Waals surface area contributed by atoms with E-state index in [1.807, 2.05) is 0 Å². The summed E-state index contributed by atoms with van der Waals surface area (Å²) in [4.78, 5) is 0. The van der Waals surface area contributed by atoms with Crippen molar-refractivity contribution in [2.45, 2.75) is 70.5 Å². The molecule has 0 N–H and O–H groups in total. The Morgan fingerprint density at radius 1 is 1.11 bits per heavy atom. The molecule has 0 aromatic carbocycles. The molecule has 1 aliphatic heterocycles. The Morgan fingerprint density at radius 3 is 2.39 bits per heavy atom. The summed E-state index contributed by atoms with van der Waals surface area (Å²) in [6, 6.07) is 0. The van der Waals surface area contributed by atoms with Crippen LogP contribution < -0.4 is 0 Å². The number of hydrogen-bond acceptors (Lipinski definition) is 2. The maximum absolute atomic E-state index is 6.33. The van der Waals surface area contributed by atoms with E-state index in [0.29, 0.717) is 11.8 Å². The van der Waals surface area contributed by atoms with Gasteiger partial charge in [-0.15, -0.1) is 0 Å². The molecule has 1 saturated heterocycles. The van der Waals surface area contributed by atoms with Crippen LogP contribution in [0, 0.1) is 17.8 Å². The van der Waals surface area contributed by atoms with Crippen molar-refractivity contribution in [2.24, 2.45) is 17.8 Å². The van der Waals surface area contributed by atoms with Gasteiger partial charge in [-0.1, -0.05) is 19.8 Å². The summed E-state index contributed by atoms with van der Waals surface area (Å²) in [6.07, 6.45) is 7.93. The molecule has 104 valence electrons. The number of hydrogen-bond donors (Lipinski definition) is 0. The lowest BCUT2D eigenvalue weighted by Gasteiger charge is -2.55. The average molecular weight is 252 g/mol. The quantitative estimate of drug-likeness (QED) is 0.761. The summed E-state index contributed by atoms with van der Waals surface area (Å²) >= 11 is 0. The van der Waals surface area contributed by atoms with Crippen molar-refractivity contribution >= 4 is 0 Å². The highest BCUT2D eigenvalue weighted by Gasteiger charge is 2.67. The summed E-state index contributed by atoms with van der Waals surface area (Å²) in [6.45, 7) is 8.63. The van der Waals surface area contributed by atoms with E-state index in [1.54, 1.807) is 0 Å². The maximum Gasteiger partial charge on any atom is 0.102 e. The molecule has 3 atom stereocenters. The highest BCUT2D eigenvalue weighted by atomic mass is 16.6. The van der Waals surface area contributed by atoms with Crippen molar-refractivity contribution in [3.63, 3.8) is 0 Å². The Bertz CT molecular complexity index is 308. The second-order valence-electron chi connectivity index (χ2n) is 6.93. The summed E-state index contributed by atoms with van der Waals surface area (Å²) in [5.74, 6) is 2.29. The molecule has 2 aliphatic carbocycles. The van der Waals surface area contributed by atoms with Gasteiger partial charge in [-0.25, -0.2) is 0 Å². The number of rotatable bonds is 3. The lowest BCUT2D eigenvalue weighted by molar-refractivity contribution is -0.213. The first-order chi connectivity index (χ1) is 8.62. The van der Waals surface area contributed by atoms with Gasteiger partial charge in [0.05, 0.1) is 12.2 Å². The first-order valence-electron chi connectivity index (χ1n) is 7.90. The van der Waals surface area contributed by atoms with Crippen molar-refractivity contribution in [1.82, 2.24) is 0 Å². The van der Waals surface area contributed by atoms with Crippen LogP contribution in [0.5, 0.6) is 0 Å². The molecule has 3 aliphatic rings. The van der Waals surface area contributed by atoms with E-state index in [9.17, 15) is 0 Å². The van der Waals surface area contributed by atoms with Crippen LogP contribution in [0.25, 0.3) is 0 Å². The van der Waals surface area contributed by atoms with Gasteiger partial charge in [0.1, 0.15) is 5.60 Å². The minimum atomic E-state index is -0.00787. The molecule has 1 heterocycles. The average Bonchev–Trinajstić information content (AvgIpc) is 2.52. The van der Waals surface area contributed by atoms with Crippen molar-refractivity contribution < 1.29 is 9.47 Å². The lowest BCUT2D eigenvalue weighted by atomic mass is 9.57. The van der Waals surface area contributed by atoms with E-state index in [0.717, 1.165) is 19.1 Å². The Kier molecular flexibility index (Phi) is 3.22. The second kappa shape index (κ2) is 4.49. The van der Waals surface area contributed by atoms with Crippen LogP contribution in [-0.2, 0) is 9.47 Å². The van der Waals surface area contributed by atoms with E-state index >= 15 is 0 Å². The summed E-state index contributed by atoms with van der Waals surface area (Å²) in [5.41, 5.74) is 0.0546. The van der Waals surface area contributed by atoms with Gasteiger partial charge in [0.15, 0.2) is 0 Å². The zero-order valence-corrected chi connectivity index (χ0v) is 12.2. The Morgan fingerprint density at radius 2 is 1.83 bits per heavy atom. The Labute approximate surface area is 111 Å². The largest absolute Gasteiger partial charge is 0.372 e. The predicted octanol–water partition coefficient (Wildman–Crippen LogP) is 3.79. The zero-order valence-electron chi connectivity index (χ0n) is 12.2. The topological polar surface area (TPSA) is 18.5 Å². The fourth-order valence-electron chi connectivity index (χ4n) is 4.74. The molecular formula is C16H28O2. The number of ether oxygens (including phenoxy) is 2. The fraction of sp³-hybridized carbons (Fsp3) is 1.00. The summed E-state index contributed by atoms with van der Waals surface area (Å²) in [7, 11) is 0. The van der Waals surface area contributed by atoms with Crippen LogP contribution in [0.2, 0.25) is 0 Å². The smallest absolute Gasteiger partial charge is 0.102 e. The van der Waals surface area contributed by atoms with Gasteiger partial charge >= 0.3 is 0 Å². The standard InChI is InChI=1S/C16H28O2/c1-4-17-16-10-9-14(16)11-18-15(16,3)13-7-5-12(2)6-8-13/h12-14H,4-11H2,1-3H3/t12?,13?,14-,15+,16+/m1/s1. The molecule has 0 unspecified atom stereocenters. The summed E-state index contributed by atoms with van der Waals surface area (Å²) < 4.78 is 12.6. The van der Waals surface area contributed by atoms with Crippen LogP contribution in [0.1, 0.15) is 59.3 Å². The monoisotopic (exact) mass is 252 g/mol. The van der Waals surface area contributed by atoms with Crippen molar-refractivity contribution in [3.8, 4) is 0 Å². The molecule has 2 heteroatoms. The first kappa shape index (κ1) is 12.9. The van der Waals surface area contributed by atoms with Crippen LogP contribution in [-0.4, -0.2) is 24.4 Å². The highest BCUT2D eigenvalue weighted by Crippen LogP contribution is 2.60. The van der Waals surface area contributed by atoms with Gasteiger partial charge in [-0.05, 0) is 51.4 Å². The van der Waals surface area contributed by atoms with Crippen LogP contribution in [0.4, 0.5) is 0 Å². The van der Waals surface area contributed by atoms with Gasteiger partial charge in [-0.3, -0.25) is 0 Å². The van der Waals surface area contributed by atoms with Gasteiger partial charge in [-0.2, -0.15) is 0 Å². The van der Waals surface area contributed by atoms with E-state index in [-0.39, 0.29) is 11.2 Å². The molecule has 18 heavy (non-hydrogen) atoms. The van der Waals surface area contributed by atoms with E-state index in [4.69, 9.17) is 9.47 Å². The SMILES string of the molecule is CCO[C@@]12CC[C@@H]1CO[C@@]2(C)C1CCC(C)CC1. The molecule has 0 spiro atoms. The molecule has 2 saturated carbocycles. The third-order valence-electron chi connectivity index (χ3n) is 6.15. The molecule has 0 aromatic heterocycles. The van der Waals surface area contributed by atoms with Gasteiger partial charge in [0.25, 0.3) is 0 Å². The highest BCUT2D eigenvalue weighted by molar-refractivity contribution is 5.16. The third kappa shape index (κ3) is 1.61. The molecule has 0 amide bonds. The van der Waals surface area contributed by atoms with Gasteiger partial charge < -0.3 is 9.47 Å². The normalized spacial score (nSPS) is 51.8. The van der Waals surface area contributed by atoms with Gasteiger partial charge in [0.2, 0.25) is 0 Å². The molecule has 0 bridgehead atoms. The third-order valence-corrected chi connectivity index (χ3v) is 6.15. The summed E-state index contributed by atoms with van der Waals surface area (Å²) in [5, 5.41) is 0. The number of fused-ring (bicyclic) bond motifs is 1. The van der Waals surface area contributed by atoms with E-state index in [2.05, 4.69) is 20.8 Å². The van der Waals surface area contributed by atoms with Crippen LogP contribution in [0.15, 0.2) is 0 Å². The minimum Gasteiger partial charge on any atom is -0.372 e. The van der Waals surface area contributed by atoms with E-state index in [1.165, 1.54) is 38.5 Å². The first-order valence-corrected chi connectivity index (χ1v) is 7.90. The van der Waals surface area contributed by atoms with Crippen LogP contribution in [0.3, 0.4) is 0 Å². The van der Waals surface area contributed by atoms with Crippen molar-refractivity contribution in [1.29, 1.82) is 0 Å². The zero-order chi connectivity index (χ0) is 12.8. The molecule has 0 aromatic rings. The lowest BCUT2D eigenvalue weighted by Crippen LogP contribution is -2.63. The van der Waals surface area contributed by atoms with Crippen molar-refractivity contribution in [3.05, 3.63) is 0 Å². The molecule has 0 radical (unpaired) electrons. The predicted molar refractivity (Wildman–Crippen MR) is 72.6 cm³/mol. The Balaban J connectivity index is 1.80. The van der Waals surface area contributed by atoms with Crippen molar-refractivity contribution in [2.75, 3.05) is 13.2 Å². The fourth-order valence-corrected chi connectivity index (χ4v) is 4.74. The molecule has 3 fully saturated rings. The molecule has 3 rings (SSSR count). The molecule has 2 nitrogen and oxygen atoms in total. The van der Waals surface area contributed by atoms with E-state index < -0.39 is 0 Å². The maximum atomic E-state index is 6.33. The second-order valence-corrected chi connectivity index (χ2v) is 6.93. The van der Waals surface area contributed by atoms with Gasteiger partial charge in [0, 0.05) is 12.5 Å². The molecular weight excluding hydrogens is 224 g/mol. The van der Waals surface area contributed by atoms with Crippen LogP contribution >= 0.6 is 0 Å². The Hall–Kier alpha value is -0.0800.